The van der Waals surface area contributed by atoms with Gasteiger partial charge in [-0.3, -0.25) is 0 Å². The minimum Gasteiger partial charge on any atom is -0.368 e. The zero-order valence-electron chi connectivity index (χ0n) is 12.4. The molecule has 3 N–H and O–H groups in total. The lowest BCUT2D eigenvalue weighted by Crippen LogP contribution is -1.99. The van der Waals surface area contributed by atoms with Gasteiger partial charge in [0.1, 0.15) is 11.6 Å². The zero-order valence-corrected chi connectivity index (χ0v) is 12.4. The molecule has 118 valence electrons. The maximum absolute atomic E-state index is 14.2. The number of benzene rings is 2. The summed E-state index contributed by atoms with van der Waals surface area (Å²) in [6.07, 6.45) is 3.24. The van der Waals surface area contributed by atoms with Crippen LogP contribution < -0.4 is 5.73 Å². The van der Waals surface area contributed by atoms with Gasteiger partial charge in [0.05, 0.1) is 5.69 Å². The summed E-state index contributed by atoms with van der Waals surface area (Å²) in [6, 6.07) is 11.1. The van der Waals surface area contributed by atoms with Crippen molar-refractivity contribution in [2.45, 2.75) is 0 Å². The molecule has 0 bridgehead atoms. The van der Waals surface area contributed by atoms with Crippen LogP contribution in [0.4, 0.5) is 14.7 Å². The van der Waals surface area contributed by atoms with Crippen molar-refractivity contribution in [2.24, 2.45) is 0 Å². The van der Waals surface area contributed by atoms with Gasteiger partial charge in [-0.05, 0) is 18.2 Å². The van der Waals surface area contributed by atoms with Crippen molar-refractivity contribution in [3.05, 3.63) is 66.5 Å². The van der Waals surface area contributed by atoms with Crippen molar-refractivity contribution < 1.29 is 8.78 Å². The highest BCUT2D eigenvalue weighted by Gasteiger charge is 2.17. The van der Waals surface area contributed by atoms with E-state index in [0.29, 0.717) is 11.3 Å². The number of nitrogens with zero attached hydrogens (tertiary/aromatic N) is 2. The minimum absolute atomic E-state index is 0.0848. The van der Waals surface area contributed by atoms with E-state index < -0.39 is 11.6 Å². The van der Waals surface area contributed by atoms with Crippen LogP contribution in [-0.2, 0) is 0 Å². The molecule has 0 aliphatic carbocycles. The summed E-state index contributed by atoms with van der Waals surface area (Å²) in [7, 11) is 0. The third-order valence-corrected chi connectivity index (χ3v) is 3.87. The Morgan fingerprint density at radius 2 is 1.79 bits per heavy atom. The fourth-order valence-corrected chi connectivity index (χ4v) is 2.77. The van der Waals surface area contributed by atoms with Crippen molar-refractivity contribution in [1.82, 2.24) is 15.0 Å². The van der Waals surface area contributed by atoms with E-state index in [9.17, 15) is 8.78 Å². The van der Waals surface area contributed by atoms with Crippen LogP contribution in [0.15, 0.2) is 54.9 Å². The molecular formula is C18H12F2N4. The topological polar surface area (TPSA) is 67.6 Å². The van der Waals surface area contributed by atoms with E-state index >= 15 is 0 Å². The quantitative estimate of drug-likeness (QED) is 0.582. The molecule has 0 radical (unpaired) electrons. The second kappa shape index (κ2) is 5.42. The Hall–Kier alpha value is -3.28. The molecule has 2 heterocycles. The Balaban J connectivity index is 2.00. The maximum Gasteiger partial charge on any atom is 0.220 e. The molecule has 0 aliphatic rings. The van der Waals surface area contributed by atoms with E-state index in [1.165, 1.54) is 18.3 Å². The van der Waals surface area contributed by atoms with Crippen LogP contribution in [0.2, 0.25) is 0 Å². The van der Waals surface area contributed by atoms with Crippen LogP contribution >= 0.6 is 0 Å². The molecule has 0 fully saturated rings. The predicted octanol–water partition coefficient (Wildman–Crippen LogP) is 4.15. The number of H-pyrrole nitrogens is 1. The first-order valence-electron chi connectivity index (χ1n) is 7.28. The fraction of sp³-hybridized carbons (Fsp3) is 0. The first-order chi connectivity index (χ1) is 11.6. The molecule has 4 nitrogen and oxygen atoms in total. The lowest BCUT2D eigenvalue weighted by molar-refractivity contribution is 0.585. The first kappa shape index (κ1) is 14.3. The summed E-state index contributed by atoms with van der Waals surface area (Å²) in [5, 5.41) is 0.930. The lowest BCUT2D eigenvalue weighted by Gasteiger charge is -2.10. The number of rotatable bonds is 2. The molecule has 4 rings (SSSR count). The van der Waals surface area contributed by atoms with E-state index in [-0.39, 0.29) is 11.5 Å². The Labute approximate surface area is 136 Å². The van der Waals surface area contributed by atoms with Crippen molar-refractivity contribution >= 4 is 16.9 Å². The number of nitrogens with two attached hydrogens (primary N) is 1. The van der Waals surface area contributed by atoms with E-state index in [2.05, 4.69) is 15.0 Å². The number of hydrogen-bond donors (Lipinski definition) is 2. The summed E-state index contributed by atoms with van der Waals surface area (Å²) in [4.78, 5) is 11.4. The van der Waals surface area contributed by atoms with Gasteiger partial charge in [0.25, 0.3) is 0 Å². The van der Waals surface area contributed by atoms with Crippen molar-refractivity contribution in [2.75, 3.05) is 5.73 Å². The van der Waals surface area contributed by atoms with Gasteiger partial charge < -0.3 is 10.7 Å². The highest BCUT2D eigenvalue weighted by molar-refractivity contribution is 5.98. The van der Waals surface area contributed by atoms with Crippen LogP contribution in [0, 0.1) is 11.6 Å². The van der Waals surface area contributed by atoms with Crippen molar-refractivity contribution in [3.63, 3.8) is 0 Å². The van der Waals surface area contributed by atoms with Gasteiger partial charge in [-0.15, -0.1) is 0 Å². The summed E-state index contributed by atoms with van der Waals surface area (Å²) < 4.78 is 27.5. The van der Waals surface area contributed by atoms with Crippen molar-refractivity contribution in [1.29, 1.82) is 0 Å². The third kappa shape index (κ3) is 2.28. The smallest absolute Gasteiger partial charge is 0.220 e. The molecule has 0 unspecified atom stereocenters. The molecule has 6 heteroatoms. The minimum atomic E-state index is -0.676. The molecular weight excluding hydrogens is 310 g/mol. The van der Waals surface area contributed by atoms with Crippen molar-refractivity contribution in [3.8, 4) is 22.4 Å². The van der Waals surface area contributed by atoms with Crippen LogP contribution in [0.25, 0.3) is 33.3 Å². The first-order valence-corrected chi connectivity index (χ1v) is 7.28. The molecule has 4 aromatic rings. The van der Waals surface area contributed by atoms with Gasteiger partial charge in [0, 0.05) is 46.1 Å². The maximum atomic E-state index is 14.2. The molecule has 0 saturated carbocycles. The summed E-state index contributed by atoms with van der Waals surface area (Å²) in [6.45, 7) is 0. The van der Waals surface area contributed by atoms with Gasteiger partial charge in [0.15, 0.2) is 0 Å². The van der Waals surface area contributed by atoms with Crippen LogP contribution in [0.1, 0.15) is 0 Å². The number of hydrogen-bond acceptors (Lipinski definition) is 3. The predicted molar refractivity (Wildman–Crippen MR) is 89.1 cm³/mol. The molecule has 0 atom stereocenters. The number of aromatic nitrogens is 3. The highest BCUT2D eigenvalue weighted by Crippen LogP contribution is 2.35. The van der Waals surface area contributed by atoms with E-state index in [1.54, 1.807) is 6.20 Å². The third-order valence-electron chi connectivity index (χ3n) is 3.87. The average molecular weight is 322 g/mol. The van der Waals surface area contributed by atoms with E-state index in [1.807, 2.05) is 24.3 Å². The zero-order chi connectivity index (χ0) is 16.7. The normalized spacial score (nSPS) is 11.1. The van der Waals surface area contributed by atoms with Gasteiger partial charge in [-0.2, -0.15) is 0 Å². The van der Waals surface area contributed by atoms with Gasteiger partial charge in [-0.1, -0.05) is 18.2 Å². The monoisotopic (exact) mass is 322 g/mol. The number of nitrogen functional groups attached to an aromatic ring is 1. The molecule has 0 aliphatic heterocycles. The number of nitrogens with one attached hydrogen (secondary N) is 1. The Bertz CT molecular complexity index is 1060. The van der Waals surface area contributed by atoms with Gasteiger partial charge in [0.2, 0.25) is 5.95 Å². The standard InChI is InChI=1S/C18H12F2N4/c19-10-5-6-11(15(20)7-10)13-9-23-18(21)24-17(13)14-8-22-16-4-2-1-3-12(14)16/h1-9,22H,(H2,21,23,24). The summed E-state index contributed by atoms with van der Waals surface area (Å²) >= 11 is 0. The molecule has 0 saturated heterocycles. The van der Waals surface area contributed by atoms with Crippen LogP contribution in [0.5, 0.6) is 0 Å². The highest BCUT2D eigenvalue weighted by atomic mass is 19.1. The second-order valence-electron chi connectivity index (χ2n) is 5.36. The summed E-state index contributed by atoms with van der Waals surface area (Å²) in [5.41, 5.74) is 8.59. The van der Waals surface area contributed by atoms with E-state index in [0.717, 1.165) is 22.5 Å². The van der Waals surface area contributed by atoms with Crippen LogP contribution in [0.3, 0.4) is 0 Å². The van der Waals surface area contributed by atoms with Gasteiger partial charge >= 0.3 is 0 Å². The molecule has 0 spiro atoms. The number of anilines is 1. The molecule has 0 amide bonds. The summed E-state index contributed by atoms with van der Waals surface area (Å²) in [5.74, 6) is -1.23. The molecule has 24 heavy (non-hydrogen) atoms. The SMILES string of the molecule is Nc1ncc(-c2ccc(F)cc2F)c(-c2c[nH]c3ccccc23)n1. The fourth-order valence-electron chi connectivity index (χ4n) is 2.77. The van der Waals surface area contributed by atoms with Gasteiger partial charge in [-0.25, -0.2) is 18.7 Å². The second-order valence-corrected chi connectivity index (χ2v) is 5.36. The number of fused-ring (bicyclic) bond motifs is 1. The number of halogens is 2. The number of aromatic amines is 1. The largest absolute Gasteiger partial charge is 0.368 e. The van der Waals surface area contributed by atoms with E-state index in [4.69, 9.17) is 5.73 Å². The van der Waals surface area contributed by atoms with Crippen LogP contribution in [-0.4, -0.2) is 15.0 Å². The Kier molecular flexibility index (Phi) is 3.23. The lowest BCUT2D eigenvalue weighted by atomic mass is 10.00. The Morgan fingerprint density at radius 1 is 0.958 bits per heavy atom. The molecule has 2 aromatic carbocycles. The molecule has 2 aromatic heterocycles. The Morgan fingerprint density at radius 3 is 2.62 bits per heavy atom. The average Bonchev–Trinajstić information content (AvgIpc) is 2.99. The number of para-hydroxylation sites is 1.